The van der Waals surface area contributed by atoms with Crippen LogP contribution in [0.25, 0.3) is 0 Å². The number of sulfone groups is 1. The van der Waals surface area contributed by atoms with Gasteiger partial charge in [0.2, 0.25) is 0 Å². The van der Waals surface area contributed by atoms with Gasteiger partial charge in [0.15, 0.2) is 9.84 Å². The fourth-order valence-corrected chi connectivity index (χ4v) is 4.53. The lowest BCUT2D eigenvalue weighted by atomic mass is 9.79. The van der Waals surface area contributed by atoms with Gasteiger partial charge in [0.25, 0.3) is 0 Å². The maximum Gasteiger partial charge on any atom is 0.152 e. The molecule has 1 aliphatic rings. The van der Waals surface area contributed by atoms with Gasteiger partial charge < -0.3 is 5.11 Å². The van der Waals surface area contributed by atoms with E-state index in [9.17, 15) is 23.2 Å². The zero-order chi connectivity index (χ0) is 14.3. The highest BCUT2D eigenvalue weighted by Crippen LogP contribution is 2.45. The number of hydrogen-bond acceptors (Lipinski definition) is 4. The minimum atomic E-state index is -3.39. The van der Waals surface area contributed by atoms with Crippen molar-refractivity contribution < 1.29 is 17.9 Å². The summed E-state index contributed by atoms with van der Waals surface area (Å²) in [7, 11) is -3.39. The lowest BCUT2D eigenvalue weighted by Gasteiger charge is -2.26. The highest BCUT2D eigenvalue weighted by molar-refractivity contribution is 7.91. The van der Waals surface area contributed by atoms with Crippen LogP contribution in [-0.2, 0) is 9.84 Å². The van der Waals surface area contributed by atoms with Crippen molar-refractivity contribution in [2.75, 3.05) is 11.5 Å². The molecular formula is C12H11ClFNO3S. The average Bonchev–Trinajstić information content (AvgIpc) is 2.66. The first kappa shape index (κ1) is 14.3. The Morgan fingerprint density at radius 3 is 2.68 bits per heavy atom. The molecule has 0 spiro atoms. The zero-order valence-electron chi connectivity index (χ0n) is 9.81. The van der Waals surface area contributed by atoms with Gasteiger partial charge in [0.05, 0.1) is 17.6 Å². The van der Waals surface area contributed by atoms with Gasteiger partial charge in [-0.25, -0.2) is 12.8 Å². The van der Waals surface area contributed by atoms with Gasteiger partial charge in [0.1, 0.15) is 17.3 Å². The molecule has 1 fully saturated rings. The van der Waals surface area contributed by atoms with Crippen LogP contribution in [0.3, 0.4) is 0 Å². The Morgan fingerprint density at radius 1 is 1.53 bits per heavy atom. The molecular weight excluding hydrogens is 293 g/mol. The Balaban J connectivity index is 2.49. The largest absolute Gasteiger partial charge is 0.387 e. The first-order valence-corrected chi connectivity index (χ1v) is 7.75. The molecule has 2 rings (SSSR count). The van der Waals surface area contributed by atoms with E-state index in [2.05, 4.69) is 0 Å². The number of nitriles is 1. The van der Waals surface area contributed by atoms with Gasteiger partial charge in [-0.05, 0) is 18.6 Å². The van der Waals surface area contributed by atoms with Crippen molar-refractivity contribution in [3.05, 3.63) is 34.6 Å². The number of halogens is 2. The third kappa shape index (κ3) is 2.46. The second-order valence-electron chi connectivity index (χ2n) is 4.65. The minimum absolute atomic E-state index is 0.0218. The molecule has 1 N–H and O–H groups in total. The number of benzene rings is 1. The van der Waals surface area contributed by atoms with Crippen LogP contribution in [0.1, 0.15) is 18.1 Å². The van der Waals surface area contributed by atoms with Gasteiger partial charge in [-0.1, -0.05) is 17.7 Å². The van der Waals surface area contributed by atoms with Gasteiger partial charge in [-0.15, -0.1) is 0 Å². The van der Waals surface area contributed by atoms with Crippen LogP contribution in [0.15, 0.2) is 18.2 Å². The molecule has 19 heavy (non-hydrogen) atoms. The second-order valence-corrected chi connectivity index (χ2v) is 7.24. The third-order valence-corrected chi connectivity index (χ3v) is 5.47. The van der Waals surface area contributed by atoms with E-state index < -0.39 is 32.9 Å². The molecule has 1 saturated heterocycles. The minimum Gasteiger partial charge on any atom is -0.387 e. The normalized spacial score (nSPS) is 26.8. The van der Waals surface area contributed by atoms with E-state index in [0.717, 1.165) is 6.07 Å². The summed E-state index contributed by atoms with van der Waals surface area (Å²) < 4.78 is 36.8. The van der Waals surface area contributed by atoms with Crippen molar-refractivity contribution >= 4 is 21.4 Å². The monoisotopic (exact) mass is 303 g/mol. The number of rotatable bonds is 2. The number of aliphatic hydroxyl groups excluding tert-OH is 1. The van der Waals surface area contributed by atoms with Crippen LogP contribution in [0, 0.1) is 22.6 Å². The molecule has 1 aromatic carbocycles. The third-order valence-electron chi connectivity index (χ3n) is 3.36. The molecule has 0 bridgehead atoms. The molecule has 1 aromatic rings. The predicted molar refractivity (Wildman–Crippen MR) is 67.7 cm³/mol. The second kappa shape index (κ2) is 4.75. The molecule has 0 saturated carbocycles. The quantitative estimate of drug-likeness (QED) is 0.904. The van der Waals surface area contributed by atoms with Crippen molar-refractivity contribution in [2.24, 2.45) is 5.41 Å². The van der Waals surface area contributed by atoms with E-state index >= 15 is 0 Å². The predicted octanol–water partition coefficient (Wildman–Crippen LogP) is 1.84. The van der Waals surface area contributed by atoms with Crippen molar-refractivity contribution in [2.45, 2.75) is 12.5 Å². The molecule has 0 radical (unpaired) electrons. The Hall–Kier alpha value is -1.16. The van der Waals surface area contributed by atoms with E-state index in [0.29, 0.717) is 0 Å². The van der Waals surface area contributed by atoms with Crippen LogP contribution in [0.5, 0.6) is 0 Å². The summed E-state index contributed by atoms with van der Waals surface area (Å²) in [6.07, 6.45) is -1.60. The van der Waals surface area contributed by atoms with E-state index in [1.807, 2.05) is 6.07 Å². The van der Waals surface area contributed by atoms with E-state index in [1.165, 1.54) is 12.1 Å². The number of aliphatic hydroxyl groups is 1. The molecule has 102 valence electrons. The molecule has 0 aromatic heterocycles. The van der Waals surface area contributed by atoms with Crippen LogP contribution in [0.2, 0.25) is 5.02 Å². The van der Waals surface area contributed by atoms with Crippen LogP contribution >= 0.6 is 11.6 Å². The standard InChI is InChI=1S/C12H11ClFNO3S/c13-8-2-1-3-9(14)10(8)11(16)12(6-15)4-5-19(17,18)7-12/h1-3,11,16H,4-5,7H2. The average molecular weight is 304 g/mol. The molecule has 2 atom stereocenters. The first-order chi connectivity index (χ1) is 8.81. The van der Waals surface area contributed by atoms with Gasteiger partial charge in [0, 0.05) is 10.6 Å². The topological polar surface area (TPSA) is 78.2 Å². The van der Waals surface area contributed by atoms with Crippen molar-refractivity contribution in [3.63, 3.8) is 0 Å². The summed E-state index contributed by atoms with van der Waals surface area (Å²) in [5.41, 5.74) is -1.76. The molecule has 2 unspecified atom stereocenters. The lowest BCUT2D eigenvalue weighted by Crippen LogP contribution is -2.29. The molecule has 7 heteroatoms. The van der Waals surface area contributed by atoms with E-state index in [1.54, 1.807) is 0 Å². The number of nitrogens with zero attached hydrogens (tertiary/aromatic N) is 1. The molecule has 4 nitrogen and oxygen atoms in total. The van der Waals surface area contributed by atoms with Crippen molar-refractivity contribution in [1.82, 2.24) is 0 Å². The summed E-state index contributed by atoms with van der Waals surface area (Å²) >= 11 is 5.83. The van der Waals surface area contributed by atoms with Gasteiger partial charge in [-0.3, -0.25) is 0 Å². The molecule has 0 aliphatic carbocycles. The maximum atomic E-state index is 13.7. The number of hydrogen-bond donors (Lipinski definition) is 1. The maximum absolute atomic E-state index is 13.7. The molecule has 0 amide bonds. The molecule has 1 heterocycles. The van der Waals surface area contributed by atoms with Crippen molar-refractivity contribution in [3.8, 4) is 6.07 Å². The Labute approximate surface area is 115 Å². The fourth-order valence-electron chi connectivity index (χ4n) is 2.29. The highest BCUT2D eigenvalue weighted by atomic mass is 35.5. The summed E-state index contributed by atoms with van der Waals surface area (Å²) in [5, 5.41) is 19.5. The summed E-state index contributed by atoms with van der Waals surface area (Å²) in [5.74, 6) is -1.43. The van der Waals surface area contributed by atoms with Crippen molar-refractivity contribution in [1.29, 1.82) is 5.26 Å². The Kier molecular flexibility index (Phi) is 3.56. The zero-order valence-corrected chi connectivity index (χ0v) is 11.4. The van der Waals surface area contributed by atoms with Crippen LogP contribution < -0.4 is 0 Å². The summed E-state index contributed by atoms with van der Waals surface area (Å²) in [6.45, 7) is 0. The van der Waals surface area contributed by atoms with Gasteiger partial charge in [-0.2, -0.15) is 5.26 Å². The Morgan fingerprint density at radius 2 is 2.21 bits per heavy atom. The fraction of sp³-hybridized carbons (Fsp3) is 0.417. The van der Waals surface area contributed by atoms with Crippen LogP contribution in [-0.4, -0.2) is 25.0 Å². The van der Waals surface area contributed by atoms with E-state index in [4.69, 9.17) is 11.6 Å². The highest BCUT2D eigenvalue weighted by Gasteiger charge is 2.49. The smallest absolute Gasteiger partial charge is 0.152 e. The lowest BCUT2D eigenvalue weighted by molar-refractivity contribution is 0.0760. The van der Waals surface area contributed by atoms with Gasteiger partial charge >= 0.3 is 0 Å². The summed E-state index contributed by atoms with van der Waals surface area (Å²) in [6, 6.07) is 5.70. The Bertz CT molecular complexity index is 635. The van der Waals surface area contributed by atoms with E-state index in [-0.39, 0.29) is 22.8 Å². The molecule has 1 aliphatic heterocycles. The first-order valence-electron chi connectivity index (χ1n) is 5.55. The van der Waals surface area contributed by atoms with Crippen LogP contribution in [0.4, 0.5) is 4.39 Å². The SMILES string of the molecule is N#CC1(C(O)c2c(F)cccc2Cl)CCS(=O)(=O)C1. The summed E-state index contributed by atoms with van der Waals surface area (Å²) in [4.78, 5) is 0.